The van der Waals surface area contributed by atoms with Gasteiger partial charge in [0.1, 0.15) is 12.4 Å². The van der Waals surface area contributed by atoms with E-state index in [1.54, 1.807) is 11.3 Å². The van der Waals surface area contributed by atoms with Gasteiger partial charge < -0.3 is 4.90 Å². The lowest BCUT2D eigenvalue weighted by Gasteiger charge is -2.44. The highest BCUT2D eigenvalue weighted by molar-refractivity contribution is 7.18. The standard InChI is InChI=1S/C20H21FN4S/c21-11-14-2-1-3-16(10-14)19-4-5-20(26-19)17-12-25(23-22-17)18-13-24-8-6-15(18)7-9-24/h1-5,10,12,15,18H,6-9,11,13H2/t18-/m0/s1. The largest absolute Gasteiger partial charge is 0.301 e. The molecule has 0 saturated carbocycles. The van der Waals surface area contributed by atoms with Crippen LogP contribution in [-0.2, 0) is 6.67 Å². The maximum atomic E-state index is 12.9. The number of rotatable bonds is 4. The van der Waals surface area contributed by atoms with Crippen molar-refractivity contribution >= 4 is 11.3 Å². The summed E-state index contributed by atoms with van der Waals surface area (Å²) in [5.74, 6) is 0.733. The molecule has 2 bridgehead atoms. The number of fused-ring (bicyclic) bond motifs is 3. The summed E-state index contributed by atoms with van der Waals surface area (Å²) in [5.41, 5.74) is 2.70. The minimum atomic E-state index is -0.431. The summed E-state index contributed by atoms with van der Waals surface area (Å²) < 4.78 is 15.0. The van der Waals surface area contributed by atoms with Gasteiger partial charge in [0.2, 0.25) is 0 Å². The van der Waals surface area contributed by atoms with Gasteiger partial charge in [-0.3, -0.25) is 0 Å². The molecule has 3 aliphatic rings. The van der Waals surface area contributed by atoms with Crippen LogP contribution >= 0.6 is 11.3 Å². The van der Waals surface area contributed by atoms with Gasteiger partial charge >= 0.3 is 0 Å². The lowest BCUT2D eigenvalue weighted by atomic mass is 9.84. The van der Waals surface area contributed by atoms with Gasteiger partial charge in [0.05, 0.1) is 17.1 Å². The first-order valence-electron chi connectivity index (χ1n) is 9.20. The first-order chi connectivity index (χ1) is 12.8. The summed E-state index contributed by atoms with van der Waals surface area (Å²) in [4.78, 5) is 4.78. The fourth-order valence-corrected chi connectivity index (χ4v) is 5.18. The van der Waals surface area contributed by atoms with Crippen LogP contribution in [0.15, 0.2) is 42.6 Å². The van der Waals surface area contributed by atoms with Crippen molar-refractivity contribution in [3.8, 4) is 21.0 Å². The van der Waals surface area contributed by atoms with E-state index in [4.69, 9.17) is 0 Å². The predicted molar refractivity (Wildman–Crippen MR) is 102 cm³/mol. The van der Waals surface area contributed by atoms with E-state index < -0.39 is 6.67 Å². The second kappa shape index (κ2) is 6.59. The second-order valence-corrected chi connectivity index (χ2v) is 8.37. The van der Waals surface area contributed by atoms with E-state index in [9.17, 15) is 4.39 Å². The molecule has 0 N–H and O–H groups in total. The molecule has 6 heteroatoms. The Morgan fingerprint density at radius 1 is 1.12 bits per heavy atom. The molecule has 2 aromatic heterocycles. The average Bonchev–Trinajstić information content (AvgIpc) is 3.38. The van der Waals surface area contributed by atoms with Crippen LogP contribution in [0.25, 0.3) is 21.0 Å². The summed E-state index contributed by atoms with van der Waals surface area (Å²) >= 11 is 1.68. The molecule has 0 amide bonds. The van der Waals surface area contributed by atoms with Crippen molar-refractivity contribution < 1.29 is 4.39 Å². The minimum Gasteiger partial charge on any atom is -0.301 e. The molecule has 0 aliphatic carbocycles. The number of thiophene rings is 1. The number of hydrogen-bond acceptors (Lipinski definition) is 4. The lowest BCUT2D eigenvalue weighted by molar-refractivity contribution is 0.0504. The molecule has 4 nitrogen and oxygen atoms in total. The van der Waals surface area contributed by atoms with E-state index in [2.05, 4.69) is 38.2 Å². The maximum absolute atomic E-state index is 12.9. The van der Waals surface area contributed by atoms with Gasteiger partial charge in [0.25, 0.3) is 0 Å². The molecule has 0 unspecified atom stereocenters. The molecule has 6 rings (SSSR count). The lowest BCUT2D eigenvalue weighted by Crippen LogP contribution is -2.48. The molecule has 5 heterocycles. The van der Waals surface area contributed by atoms with E-state index in [0.29, 0.717) is 11.6 Å². The molecule has 0 spiro atoms. The molecule has 26 heavy (non-hydrogen) atoms. The highest BCUT2D eigenvalue weighted by atomic mass is 32.1. The monoisotopic (exact) mass is 368 g/mol. The van der Waals surface area contributed by atoms with Gasteiger partial charge in [-0.2, -0.15) is 0 Å². The Hall–Kier alpha value is -2.05. The van der Waals surface area contributed by atoms with Crippen LogP contribution in [0.5, 0.6) is 0 Å². The number of nitrogens with zero attached hydrogens (tertiary/aromatic N) is 4. The van der Waals surface area contributed by atoms with Crippen molar-refractivity contribution in [2.45, 2.75) is 25.6 Å². The minimum absolute atomic E-state index is 0.431. The third-order valence-electron chi connectivity index (χ3n) is 5.70. The molecule has 3 aromatic rings. The SMILES string of the molecule is FCc1cccc(-c2ccc(-c3cn([C@H]4CN5CCC4CC5)nn3)s2)c1. The summed E-state index contributed by atoms with van der Waals surface area (Å²) in [6.07, 6.45) is 4.64. The van der Waals surface area contributed by atoms with E-state index in [1.165, 1.54) is 25.9 Å². The Morgan fingerprint density at radius 2 is 1.96 bits per heavy atom. The van der Waals surface area contributed by atoms with E-state index in [-0.39, 0.29) is 0 Å². The Balaban J connectivity index is 1.39. The summed E-state index contributed by atoms with van der Waals surface area (Å²) in [6, 6.07) is 12.3. The second-order valence-electron chi connectivity index (χ2n) is 7.29. The first kappa shape index (κ1) is 16.1. The molecule has 0 radical (unpaired) electrons. The molecule has 134 valence electrons. The van der Waals surface area contributed by atoms with Crippen molar-refractivity contribution in [3.05, 3.63) is 48.2 Å². The van der Waals surface area contributed by atoms with Crippen molar-refractivity contribution in [2.75, 3.05) is 19.6 Å². The van der Waals surface area contributed by atoms with Crippen molar-refractivity contribution in [1.82, 2.24) is 19.9 Å². The smallest absolute Gasteiger partial charge is 0.123 e. The predicted octanol–water partition coefficient (Wildman–Crippen LogP) is 4.41. The van der Waals surface area contributed by atoms with Crippen LogP contribution in [-0.4, -0.2) is 39.5 Å². The van der Waals surface area contributed by atoms with E-state index in [1.807, 2.05) is 24.3 Å². The molecular weight excluding hydrogens is 347 g/mol. The molecule has 3 saturated heterocycles. The average molecular weight is 368 g/mol. The van der Waals surface area contributed by atoms with Crippen molar-refractivity contribution in [1.29, 1.82) is 0 Å². The Morgan fingerprint density at radius 3 is 2.73 bits per heavy atom. The number of benzene rings is 1. The van der Waals surface area contributed by atoms with Crippen LogP contribution < -0.4 is 0 Å². The highest BCUT2D eigenvalue weighted by Crippen LogP contribution is 2.37. The number of aromatic nitrogens is 3. The molecule has 3 fully saturated rings. The Bertz CT molecular complexity index is 910. The first-order valence-corrected chi connectivity index (χ1v) is 10.0. The van der Waals surface area contributed by atoms with Gasteiger partial charge in [0, 0.05) is 11.4 Å². The molecule has 1 atom stereocenters. The normalized spacial score (nSPS) is 24.9. The Labute approximate surface area is 156 Å². The summed E-state index contributed by atoms with van der Waals surface area (Å²) in [7, 11) is 0. The van der Waals surface area contributed by atoms with Gasteiger partial charge in [0.15, 0.2) is 0 Å². The zero-order chi connectivity index (χ0) is 17.5. The fourth-order valence-electron chi connectivity index (χ4n) is 4.22. The van der Waals surface area contributed by atoms with E-state index >= 15 is 0 Å². The van der Waals surface area contributed by atoms with Crippen molar-refractivity contribution in [3.63, 3.8) is 0 Å². The zero-order valence-corrected chi connectivity index (χ0v) is 15.3. The number of hydrogen-bond donors (Lipinski definition) is 0. The summed E-state index contributed by atoms with van der Waals surface area (Å²) in [5, 5.41) is 8.87. The third kappa shape index (κ3) is 2.87. The van der Waals surface area contributed by atoms with Gasteiger partial charge in [-0.15, -0.1) is 16.4 Å². The molecular formula is C20H21FN4S. The molecule has 1 aromatic carbocycles. The highest BCUT2D eigenvalue weighted by Gasteiger charge is 2.35. The fraction of sp³-hybridized carbons (Fsp3) is 0.400. The number of halogens is 1. The van der Waals surface area contributed by atoms with Gasteiger partial charge in [-0.05, 0) is 61.2 Å². The third-order valence-corrected chi connectivity index (χ3v) is 6.85. The summed E-state index contributed by atoms with van der Waals surface area (Å²) in [6.45, 7) is 3.13. The van der Waals surface area contributed by atoms with Crippen LogP contribution in [0.2, 0.25) is 0 Å². The topological polar surface area (TPSA) is 34.0 Å². The van der Waals surface area contributed by atoms with Gasteiger partial charge in [-0.1, -0.05) is 23.4 Å². The van der Waals surface area contributed by atoms with Crippen LogP contribution in [0.3, 0.4) is 0 Å². The van der Waals surface area contributed by atoms with E-state index in [0.717, 1.165) is 33.5 Å². The molecule has 3 aliphatic heterocycles. The Kier molecular flexibility index (Phi) is 4.10. The number of alkyl halides is 1. The zero-order valence-electron chi connectivity index (χ0n) is 14.5. The van der Waals surface area contributed by atoms with Crippen molar-refractivity contribution in [2.24, 2.45) is 5.92 Å². The van der Waals surface area contributed by atoms with Crippen LogP contribution in [0.1, 0.15) is 24.4 Å². The van der Waals surface area contributed by atoms with Crippen LogP contribution in [0, 0.1) is 5.92 Å². The number of piperidine rings is 3. The van der Waals surface area contributed by atoms with Crippen LogP contribution in [0.4, 0.5) is 4.39 Å². The maximum Gasteiger partial charge on any atom is 0.123 e. The quantitative estimate of drug-likeness (QED) is 0.684. The van der Waals surface area contributed by atoms with Gasteiger partial charge in [-0.25, -0.2) is 9.07 Å².